The minimum Gasteiger partial charge on any atom is -0.452 e. The van der Waals surface area contributed by atoms with Gasteiger partial charge in [0.25, 0.3) is 5.91 Å². The number of hydrogen-bond acceptors (Lipinski definition) is 4. The predicted molar refractivity (Wildman–Crippen MR) is 80.2 cm³/mol. The molecule has 2 aromatic rings. The molecular weight excluding hydrogens is 341 g/mol. The number of carbonyl (C=O) groups is 3. The van der Waals surface area contributed by atoms with E-state index in [1.165, 1.54) is 18.2 Å². The zero-order valence-corrected chi connectivity index (χ0v) is 12.5. The zero-order valence-electron chi connectivity index (χ0n) is 12.5. The standard InChI is InChI=1S/C16H11F3N2O4/c17-9-4-1-2-7-12(9)20-16(24)21-13(22)8-25-15(23)14-10(18)5-3-6-11(14)19/h1-7H,8H2,(H2,20,21,22,24). The second-order valence-electron chi connectivity index (χ2n) is 4.65. The van der Waals surface area contributed by atoms with Crippen molar-refractivity contribution in [1.29, 1.82) is 0 Å². The average Bonchev–Trinajstić information content (AvgIpc) is 2.55. The number of hydrogen-bond donors (Lipinski definition) is 2. The number of anilines is 1. The van der Waals surface area contributed by atoms with Gasteiger partial charge in [-0.05, 0) is 24.3 Å². The SMILES string of the molecule is O=C(COC(=O)c1c(F)cccc1F)NC(=O)Nc1ccccc1F. The van der Waals surface area contributed by atoms with Crippen molar-refractivity contribution >= 4 is 23.6 Å². The molecule has 0 aliphatic carbocycles. The molecule has 2 rings (SSSR count). The molecule has 2 N–H and O–H groups in total. The Morgan fingerprint density at radius 1 is 0.880 bits per heavy atom. The number of esters is 1. The van der Waals surface area contributed by atoms with E-state index in [1.807, 2.05) is 0 Å². The number of nitrogens with one attached hydrogen (secondary N) is 2. The normalized spacial score (nSPS) is 10.0. The van der Waals surface area contributed by atoms with E-state index >= 15 is 0 Å². The van der Waals surface area contributed by atoms with Crippen LogP contribution in [0.1, 0.15) is 10.4 Å². The minimum absolute atomic E-state index is 0.168. The topological polar surface area (TPSA) is 84.5 Å². The number of amides is 3. The predicted octanol–water partition coefficient (Wildman–Crippen LogP) is 2.61. The van der Waals surface area contributed by atoms with Crippen LogP contribution in [0, 0.1) is 17.5 Å². The largest absolute Gasteiger partial charge is 0.452 e. The van der Waals surface area contributed by atoms with Gasteiger partial charge in [0.2, 0.25) is 0 Å². The van der Waals surface area contributed by atoms with E-state index in [9.17, 15) is 27.6 Å². The summed E-state index contributed by atoms with van der Waals surface area (Å²) < 4.78 is 44.5. The summed E-state index contributed by atoms with van der Waals surface area (Å²) >= 11 is 0. The van der Waals surface area contributed by atoms with E-state index in [-0.39, 0.29) is 5.69 Å². The molecule has 0 aromatic heterocycles. The molecule has 0 bridgehead atoms. The van der Waals surface area contributed by atoms with Crippen molar-refractivity contribution in [2.75, 3.05) is 11.9 Å². The lowest BCUT2D eigenvalue weighted by atomic mass is 10.2. The Labute approximate surface area is 139 Å². The van der Waals surface area contributed by atoms with Gasteiger partial charge in [-0.2, -0.15) is 0 Å². The van der Waals surface area contributed by atoms with E-state index in [2.05, 4.69) is 10.1 Å². The van der Waals surface area contributed by atoms with Gasteiger partial charge in [-0.3, -0.25) is 10.1 Å². The summed E-state index contributed by atoms with van der Waals surface area (Å²) in [4.78, 5) is 34.6. The first-order chi connectivity index (χ1) is 11.9. The Balaban J connectivity index is 1.87. The van der Waals surface area contributed by atoms with Crippen LogP contribution >= 0.6 is 0 Å². The lowest BCUT2D eigenvalue weighted by molar-refractivity contribution is -0.123. The van der Waals surface area contributed by atoms with E-state index in [1.54, 1.807) is 5.32 Å². The van der Waals surface area contributed by atoms with Gasteiger partial charge in [-0.1, -0.05) is 18.2 Å². The quantitative estimate of drug-likeness (QED) is 0.829. The Morgan fingerprint density at radius 2 is 1.48 bits per heavy atom. The second kappa shape index (κ2) is 7.95. The molecule has 0 fully saturated rings. The summed E-state index contributed by atoms with van der Waals surface area (Å²) in [6.07, 6.45) is 0. The van der Waals surface area contributed by atoms with Gasteiger partial charge in [0.1, 0.15) is 23.0 Å². The van der Waals surface area contributed by atoms with Gasteiger partial charge < -0.3 is 10.1 Å². The van der Waals surface area contributed by atoms with Gasteiger partial charge in [-0.15, -0.1) is 0 Å². The minimum atomic E-state index is -1.40. The summed E-state index contributed by atoms with van der Waals surface area (Å²) in [6, 6.07) is 6.92. The van der Waals surface area contributed by atoms with Crippen LogP contribution in [-0.4, -0.2) is 24.5 Å². The summed E-state index contributed by atoms with van der Waals surface area (Å²) in [5.74, 6) is -5.49. The van der Waals surface area contributed by atoms with Crippen molar-refractivity contribution in [3.63, 3.8) is 0 Å². The van der Waals surface area contributed by atoms with Crippen molar-refractivity contribution in [1.82, 2.24) is 5.32 Å². The fourth-order valence-corrected chi connectivity index (χ4v) is 1.77. The number of para-hydroxylation sites is 1. The molecule has 0 heterocycles. The van der Waals surface area contributed by atoms with Crippen LogP contribution in [0.2, 0.25) is 0 Å². The maximum Gasteiger partial charge on any atom is 0.344 e. The highest BCUT2D eigenvalue weighted by molar-refractivity contribution is 6.02. The van der Waals surface area contributed by atoms with Crippen LogP contribution in [0.4, 0.5) is 23.7 Å². The third-order valence-electron chi connectivity index (χ3n) is 2.88. The third kappa shape index (κ3) is 4.80. The van der Waals surface area contributed by atoms with Crippen LogP contribution in [0.25, 0.3) is 0 Å². The monoisotopic (exact) mass is 352 g/mol. The smallest absolute Gasteiger partial charge is 0.344 e. The average molecular weight is 352 g/mol. The maximum atomic E-state index is 13.4. The molecule has 3 amide bonds. The lowest BCUT2D eigenvalue weighted by Gasteiger charge is -2.08. The Kier molecular flexibility index (Phi) is 5.72. The van der Waals surface area contributed by atoms with E-state index in [0.29, 0.717) is 0 Å². The molecule has 0 saturated carbocycles. The van der Waals surface area contributed by atoms with Crippen LogP contribution in [-0.2, 0) is 9.53 Å². The van der Waals surface area contributed by atoms with Crippen LogP contribution in [0.15, 0.2) is 42.5 Å². The first-order valence-electron chi connectivity index (χ1n) is 6.85. The molecule has 0 saturated heterocycles. The Bertz CT molecular complexity index is 807. The molecule has 6 nitrogen and oxygen atoms in total. The van der Waals surface area contributed by atoms with Crippen molar-refractivity contribution in [3.8, 4) is 0 Å². The van der Waals surface area contributed by atoms with Gasteiger partial charge in [0.15, 0.2) is 6.61 Å². The second-order valence-corrected chi connectivity index (χ2v) is 4.65. The highest BCUT2D eigenvalue weighted by Gasteiger charge is 2.20. The molecule has 0 unspecified atom stereocenters. The van der Waals surface area contributed by atoms with Crippen molar-refractivity contribution in [2.45, 2.75) is 0 Å². The Morgan fingerprint density at radius 3 is 2.12 bits per heavy atom. The number of rotatable bonds is 4. The molecule has 0 aliphatic rings. The highest BCUT2D eigenvalue weighted by Crippen LogP contribution is 2.13. The Hall–Kier alpha value is -3.36. The fraction of sp³-hybridized carbons (Fsp3) is 0.0625. The maximum absolute atomic E-state index is 13.4. The molecule has 0 spiro atoms. The number of benzene rings is 2. The summed E-state index contributed by atoms with van der Waals surface area (Å²) in [6.45, 7) is -0.961. The molecular formula is C16H11F3N2O4. The number of ether oxygens (including phenoxy) is 1. The molecule has 2 aromatic carbocycles. The van der Waals surface area contributed by atoms with Crippen molar-refractivity contribution in [2.24, 2.45) is 0 Å². The van der Waals surface area contributed by atoms with Gasteiger partial charge in [0, 0.05) is 0 Å². The first kappa shape index (κ1) is 18.0. The van der Waals surface area contributed by atoms with E-state index in [4.69, 9.17) is 0 Å². The van der Waals surface area contributed by atoms with Crippen molar-refractivity contribution < 1.29 is 32.3 Å². The lowest BCUT2D eigenvalue weighted by Crippen LogP contribution is -2.37. The van der Waals surface area contributed by atoms with Gasteiger partial charge in [-0.25, -0.2) is 22.8 Å². The highest BCUT2D eigenvalue weighted by atomic mass is 19.1. The van der Waals surface area contributed by atoms with Gasteiger partial charge in [0.05, 0.1) is 5.69 Å². The fourth-order valence-electron chi connectivity index (χ4n) is 1.77. The molecule has 25 heavy (non-hydrogen) atoms. The summed E-state index contributed by atoms with van der Waals surface area (Å²) in [5, 5.41) is 3.84. The van der Waals surface area contributed by atoms with Crippen molar-refractivity contribution in [3.05, 3.63) is 65.5 Å². The van der Waals surface area contributed by atoms with Gasteiger partial charge >= 0.3 is 12.0 Å². The zero-order chi connectivity index (χ0) is 18.4. The van der Waals surface area contributed by atoms with Crippen LogP contribution < -0.4 is 10.6 Å². The number of carbonyl (C=O) groups excluding carboxylic acids is 3. The summed E-state index contributed by atoms with van der Waals surface area (Å²) in [7, 11) is 0. The first-order valence-corrected chi connectivity index (χ1v) is 6.85. The van der Waals surface area contributed by atoms with Crippen LogP contribution in [0.5, 0.6) is 0 Å². The number of urea groups is 1. The van der Waals surface area contributed by atoms with E-state index in [0.717, 1.165) is 24.3 Å². The third-order valence-corrected chi connectivity index (χ3v) is 2.88. The molecule has 9 heteroatoms. The molecule has 0 radical (unpaired) electrons. The molecule has 0 aliphatic heterocycles. The number of halogens is 3. The van der Waals surface area contributed by atoms with Crippen LogP contribution in [0.3, 0.4) is 0 Å². The molecule has 130 valence electrons. The number of imide groups is 1. The van der Waals surface area contributed by atoms with E-state index < -0.39 is 47.5 Å². The summed E-state index contributed by atoms with van der Waals surface area (Å²) in [5.41, 5.74) is -1.12. The molecule has 0 atom stereocenters.